The van der Waals surface area contributed by atoms with Crippen LogP contribution in [0, 0.1) is 0 Å². The van der Waals surface area contributed by atoms with Crippen molar-refractivity contribution in [3.63, 3.8) is 0 Å². The van der Waals surface area contributed by atoms with E-state index < -0.39 is 70.2 Å². The van der Waals surface area contributed by atoms with Crippen molar-refractivity contribution in [2.75, 3.05) is 0 Å². The Kier molecular flexibility index (Phi) is 12.3. The van der Waals surface area contributed by atoms with Crippen molar-refractivity contribution in [2.24, 2.45) is 0 Å². The first-order chi connectivity index (χ1) is 13.0. The van der Waals surface area contributed by atoms with Crippen molar-refractivity contribution in [1.82, 2.24) is 0 Å². The highest BCUT2D eigenvalue weighted by Gasteiger charge is 2.44. The van der Waals surface area contributed by atoms with Gasteiger partial charge in [0.1, 0.15) is 0 Å². The van der Waals surface area contributed by atoms with E-state index in [1.807, 2.05) is 0 Å². The second kappa shape index (κ2) is 11.7. The fourth-order valence-electron chi connectivity index (χ4n) is 3.51. The predicted octanol–water partition coefficient (Wildman–Crippen LogP) is 4.43. The zero-order valence-electron chi connectivity index (χ0n) is 22.1. The highest BCUT2D eigenvalue weighted by Crippen LogP contribution is 2.24. The lowest BCUT2D eigenvalue weighted by atomic mass is 11.8. The molecule has 3 unspecified atom stereocenters. The number of hydrogen-bond donors (Lipinski definition) is 0. The van der Waals surface area contributed by atoms with Crippen LogP contribution < -0.4 is 0 Å². The van der Waals surface area contributed by atoms with E-state index in [2.05, 4.69) is 98.2 Å². The van der Waals surface area contributed by atoms with Crippen LogP contribution in [0.4, 0.5) is 0 Å². The first-order valence-electron chi connectivity index (χ1n) is 10.8. The average Bonchev–Trinajstić information content (AvgIpc) is 2.26. The Bertz CT molecular complexity index is 522. The van der Waals surface area contributed by atoms with Crippen LogP contribution in [0.3, 0.4) is 0 Å². The molecule has 7 nitrogen and oxygen atoms in total. The maximum atomic E-state index is 6.50. The van der Waals surface area contributed by atoms with Gasteiger partial charge in [0.2, 0.25) is 0 Å². The summed E-state index contributed by atoms with van der Waals surface area (Å²) in [5.41, 5.74) is 0. The molecule has 0 saturated heterocycles. The largest absolute Gasteiger partial charge is 0.439 e. The summed E-state index contributed by atoms with van der Waals surface area (Å²) in [6.45, 7) is 31.9. The van der Waals surface area contributed by atoms with Crippen LogP contribution in [-0.4, -0.2) is 70.2 Å². The van der Waals surface area contributed by atoms with Gasteiger partial charge in [0, 0.05) is 0 Å². The van der Waals surface area contributed by atoms with Crippen molar-refractivity contribution in [2.45, 2.75) is 98.2 Å². The summed E-state index contributed by atoms with van der Waals surface area (Å²) in [4.78, 5) is 0. The third-order valence-corrected chi connectivity index (χ3v) is 29.4. The molecule has 182 valence electrons. The molecule has 0 spiro atoms. The maximum Gasteiger partial charge on any atom is 0.314 e. The van der Waals surface area contributed by atoms with Crippen LogP contribution in [0.2, 0.25) is 98.2 Å². The van der Waals surface area contributed by atoms with E-state index in [1.54, 1.807) is 0 Å². The lowest BCUT2D eigenvalue weighted by Gasteiger charge is -2.40. The molecule has 0 aromatic heterocycles. The summed E-state index contributed by atoms with van der Waals surface area (Å²) in [5.74, 6) is 0. The molecule has 15 heteroatoms. The van der Waals surface area contributed by atoms with Crippen LogP contribution in [0.1, 0.15) is 0 Å². The molecular weight excluding hydrogens is 517 g/mol. The normalized spacial score (nSPS) is 17.7. The Morgan fingerprint density at radius 3 is 1.17 bits per heavy atom. The first-order valence-corrected chi connectivity index (χ1v) is 32.3. The third kappa shape index (κ3) is 17.0. The standard InChI is InChI=1S/C15H48O7Si8/c1-23(16-24(2)18-26(4,5)6)17-25(3)19-28(10,11)21-30(14,15)22-29(12,13)20-27(7,8)9/h23-25H,1-15H3. The predicted molar refractivity (Wildman–Crippen MR) is 146 cm³/mol. The van der Waals surface area contributed by atoms with Gasteiger partial charge in [-0.05, 0) is 98.2 Å². The van der Waals surface area contributed by atoms with Crippen molar-refractivity contribution < 1.29 is 28.8 Å². The molecule has 0 aliphatic rings. The van der Waals surface area contributed by atoms with Crippen LogP contribution in [-0.2, 0) is 28.8 Å². The summed E-state index contributed by atoms with van der Waals surface area (Å²) in [7, 11) is -15.6. The topological polar surface area (TPSA) is 64.6 Å². The van der Waals surface area contributed by atoms with Crippen molar-refractivity contribution >= 4 is 70.2 Å². The molecule has 0 fully saturated rings. The molecule has 0 radical (unpaired) electrons. The molecule has 0 aliphatic carbocycles. The Labute approximate surface area is 196 Å². The molecular formula is C15H48O7Si8. The van der Waals surface area contributed by atoms with Gasteiger partial charge in [-0.1, -0.05) is 0 Å². The van der Waals surface area contributed by atoms with E-state index in [9.17, 15) is 0 Å². The summed E-state index contributed by atoms with van der Waals surface area (Å²) in [6.07, 6.45) is 0. The van der Waals surface area contributed by atoms with E-state index in [0.29, 0.717) is 0 Å². The molecule has 30 heavy (non-hydrogen) atoms. The summed E-state index contributed by atoms with van der Waals surface area (Å²) in [6, 6.07) is 0. The molecule has 0 aromatic carbocycles. The van der Waals surface area contributed by atoms with Crippen LogP contribution in [0.5, 0.6) is 0 Å². The molecule has 0 heterocycles. The van der Waals surface area contributed by atoms with E-state index in [0.717, 1.165) is 0 Å². The summed E-state index contributed by atoms with van der Waals surface area (Å²) < 4.78 is 44.0. The van der Waals surface area contributed by atoms with Crippen LogP contribution >= 0.6 is 0 Å². The Morgan fingerprint density at radius 1 is 0.400 bits per heavy atom. The summed E-state index contributed by atoms with van der Waals surface area (Å²) in [5, 5.41) is 0. The Hall–Kier alpha value is 1.46. The minimum Gasteiger partial charge on any atom is -0.439 e. The second-order valence-corrected chi connectivity index (χ2v) is 37.7. The smallest absolute Gasteiger partial charge is 0.314 e. The minimum absolute atomic E-state index is 1.57. The summed E-state index contributed by atoms with van der Waals surface area (Å²) >= 11 is 0. The van der Waals surface area contributed by atoms with Gasteiger partial charge in [-0.3, -0.25) is 0 Å². The molecule has 0 saturated carbocycles. The van der Waals surface area contributed by atoms with E-state index in [4.69, 9.17) is 28.8 Å². The van der Waals surface area contributed by atoms with E-state index >= 15 is 0 Å². The van der Waals surface area contributed by atoms with Gasteiger partial charge in [-0.2, -0.15) is 0 Å². The van der Waals surface area contributed by atoms with Crippen molar-refractivity contribution in [3.05, 3.63) is 0 Å². The monoisotopic (exact) mass is 564 g/mol. The van der Waals surface area contributed by atoms with E-state index in [1.165, 1.54) is 0 Å². The zero-order valence-corrected chi connectivity index (χ0v) is 30.6. The zero-order chi connectivity index (χ0) is 24.2. The SMILES string of the molecule is C[SiH](O[SiH](C)O[Si](C)(C)C)O[SiH](C)O[Si](C)(C)O[Si](C)(C)O[Si](C)(C)O[Si](C)(C)C. The third-order valence-electron chi connectivity index (χ3n) is 3.27. The van der Waals surface area contributed by atoms with Crippen molar-refractivity contribution in [1.29, 1.82) is 0 Å². The molecule has 3 atom stereocenters. The molecule has 0 rings (SSSR count). The van der Waals surface area contributed by atoms with Crippen LogP contribution in [0.15, 0.2) is 0 Å². The lowest BCUT2D eigenvalue weighted by molar-refractivity contribution is 0.285. The highest BCUT2D eigenvalue weighted by atomic mass is 28.5. The Morgan fingerprint density at radius 2 is 0.767 bits per heavy atom. The minimum atomic E-state index is -2.40. The van der Waals surface area contributed by atoms with Gasteiger partial charge in [0.15, 0.2) is 16.6 Å². The second-order valence-electron chi connectivity index (χ2n) is 10.9. The first kappa shape index (κ1) is 31.5. The fraction of sp³-hybridized carbons (Fsp3) is 1.00. The van der Waals surface area contributed by atoms with Gasteiger partial charge < -0.3 is 28.8 Å². The van der Waals surface area contributed by atoms with Gasteiger partial charge in [0.25, 0.3) is 27.9 Å². The molecule has 0 amide bonds. The number of hydrogen-bond acceptors (Lipinski definition) is 7. The quantitative estimate of drug-likeness (QED) is 0.289. The van der Waals surface area contributed by atoms with Crippen molar-refractivity contribution in [3.8, 4) is 0 Å². The molecule has 0 aliphatic heterocycles. The molecule has 0 aromatic rings. The molecule has 0 bridgehead atoms. The van der Waals surface area contributed by atoms with Crippen LogP contribution in [0.25, 0.3) is 0 Å². The van der Waals surface area contributed by atoms with E-state index in [-0.39, 0.29) is 0 Å². The molecule has 0 N–H and O–H groups in total. The Balaban J connectivity index is 4.74. The lowest BCUT2D eigenvalue weighted by Crippen LogP contribution is -2.57. The van der Waals surface area contributed by atoms with Gasteiger partial charge in [0.05, 0.1) is 0 Å². The number of rotatable bonds is 14. The maximum absolute atomic E-state index is 6.50. The van der Waals surface area contributed by atoms with Gasteiger partial charge in [-0.15, -0.1) is 0 Å². The van der Waals surface area contributed by atoms with Gasteiger partial charge >= 0.3 is 25.7 Å². The fourth-order valence-corrected chi connectivity index (χ4v) is 34.4. The van der Waals surface area contributed by atoms with Gasteiger partial charge in [-0.25, -0.2) is 0 Å². The average molecular weight is 565 g/mol. The highest BCUT2D eigenvalue weighted by molar-refractivity contribution is 6.89.